The van der Waals surface area contributed by atoms with Crippen LogP contribution in [0.25, 0.3) is 0 Å². The maximum absolute atomic E-state index is 11.8. The van der Waals surface area contributed by atoms with Gasteiger partial charge < -0.3 is 0 Å². The highest BCUT2D eigenvalue weighted by atomic mass is 16.1. The van der Waals surface area contributed by atoms with E-state index in [1.807, 2.05) is 12.3 Å². The molecule has 2 nitrogen and oxygen atoms in total. The van der Waals surface area contributed by atoms with Crippen LogP contribution in [0, 0.1) is 5.92 Å². The smallest absolute Gasteiger partial charge is 0.135 e. The second kappa shape index (κ2) is 5.78. The van der Waals surface area contributed by atoms with Gasteiger partial charge in [0.05, 0.1) is 0 Å². The van der Waals surface area contributed by atoms with Crippen molar-refractivity contribution in [3.05, 3.63) is 30.1 Å². The van der Waals surface area contributed by atoms with Gasteiger partial charge in [-0.3, -0.25) is 9.78 Å². The lowest BCUT2D eigenvalue weighted by atomic mass is 9.92. The molecule has 0 aliphatic heterocycles. The summed E-state index contributed by atoms with van der Waals surface area (Å²) in [4.78, 5) is 15.9. The predicted octanol–water partition coefficient (Wildman–Crippen LogP) is 3.16. The number of rotatable bonds is 3. The first-order chi connectivity index (χ1) is 7.86. The van der Waals surface area contributed by atoms with E-state index in [0.29, 0.717) is 11.7 Å². The normalized spacial score (nSPS) is 21.8. The van der Waals surface area contributed by atoms with E-state index in [2.05, 4.69) is 11.1 Å². The zero-order valence-corrected chi connectivity index (χ0v) is 9.69. The van der Waals surface area contributed by atoms with Crippen LogP contribution in [0.3, 0.4) is 0 Å². The first-order valence-corrected chi connectivity index (χ1v) is 6.28. The number of carbonyl (C=O) groups is 1. The van der Waals surface area contributed by atoms with Crippen LogP contribution in [0.15, 0.2) is 24.5 Å². The number of Topliss-reactive ketones (excluding diaryl/α,β-unsaturated/α-hetero) is 1. The van der Waals surface area contributed by atoms with Crippen molar-refractivity contribution in [2.24, 2.45) is 5.92 Å². The molecule has 0 amide bonds. The van der Waals surface area contributed by atoms with E-state index >= 15 is 0 Å². The van der Waals surface area contributed by atoms with Gasteiger partial charge in [0.25, 0.3) is 0 Å². The van der Waals surface area contributed by atoms with E-state index in [1.54, 1.807) is 6.20 Å². The van der Waals surface area contributed by atoms with Gasteiger partial charge >= 0.3 is 0 Å². The quantitative estimate of drug-likeness (QED) is 0.728. The van der Waals surface area contributed by atoms with Crippen LogP contribution >= 0.6 is 0 Å². The minimum absolute atomic E-state index is 0.308. The molecule has 0 saturated heterocycles. The lowest BCUT2D eigenvalue weighted by Gasteiger charge is -2.12. The third-order valence-corrected chi connectivity index (χ3v) is 3.44. The second-order valence-corrected chi connectivity index (χ2v) is 4.66. The van der Waals surface area contributed by atoms with E-state index < -0.39 is 0 Å². The highest BCUT2D eigenvalue weighted by molar-refractivity contribution is 5.81. The van der Waals surface area contributed by atoms with E-state index in [-0.39, 0.29) is 0 Å². The predicted molar refractivity (Wildman–Crippen MR) is 64.1 cm³/mol. The zero-order chi connectivity index (χ0) is 11.2. The van der Waals surface area contributed by atoms with Gasteiger partial charge in [-0.15, -0.1) is 0 Å². The Kier molecular flexibility index (Phi) is 4.09. The molecule has 1 fully saturated rings. The van der Waals surface area contributed by atoms with Crippen molar-refractivity contribution < 1.29 is 4.79 Å². The topological polar surface area (TPSA) is 30.0 Å². The van der Waals surface area contributed by atoms with E-state index in [1.165, 1.54) is 18.4 Å². The van der Waals surface area contributed by atoms with Crippen molar-refractivity contribution in [2.75, 3.05) is 0 Å². The Hall–Kier alpha value is -1.18. The lowest BCUT2D eigenvalue weighted by molar-refractivity contribution is -0.122. The monoisotopic (exact) mass is 217 g/mol. The molecular formula is C14H19NO. The van der Waals surface area contributed by atoms with Crippen LogP contribution in [-0.4, -0.2) is 10.8 Å². The Morgan fingerprint density at radius 3 is 3.06 bits per heavy atom. The first-order valence-electron chi connectivity index (χ1n) is 6.28. The summed E-state index contributed by atoms with van der Waals surface area (Å²) < 4.78 is 0. The molecule has 86 valence electrons. The van der Waals surface area contributed by atoms with Crippen molar-refractivity contribution in [3.63, 3.8) is 0 Å². The molecule has 0 bridgehead atoms. The number of nitrogens with zero attached hydrogens (tertiary/aromatic N) is 1. The number of carbonyl (C=O) groups excluding carboxylic acids is 1. The molecule has 1 aliphatic carbocycles. The molecule has 1 aromatic rings. The SMILES string of the molecule is O=C1CCCCCC1CCc1cccnc1. The van der Waals surface area contributed by atoms with Crippen molar-refractivity contribution in [2.45, 2.75) is 44.9 Å². The molecule has 0 spiro atoms. The molecule has 1 atom stereocenters. The van der Waals surface area contributed by atoms with Crippen LogP contribution in [-0.2, 0) is 11.2 Å². The van der Waals surface area contributed by atoms with Gasteiger partial charge in [0, 0.05) is 24.7 Å². The third-order valence-electron chi connectivity index (χ3n) is 3.44. The summed E-state index contributed by atoms with van der Waals surface area (Å²) in [7, 11) is 0. The molecular weight excluding hydrogens is 198 g/mol. The minimum Gasteiger partial charge on any atom is -0.299 e. The second-order valence-electron chi connectivity index (χ2n) is 4.66. The van der Waals surface area contributed by atoms with Crippen molar-refractivity contribution in [1.82, 2.24) is 4.98 Å². The number of hydrogen-bond donors (Lipinski definition) is 0. The highest BCUT2D eigenvalue weighted by Gasteiger charge is 2.20. The Balaban J connectivity index is 1.86. The molecule has 1 aliphatic rings. The number of ketones is 1. The van der Waals surface area contributed by atoms with Gasteiger partial charge in [-0.25, -0.2) is 0 Å². The number of hydrogen-bond acceptors (Lipinski definition) is 2. The summed E-state index contributed by atoms with van der Waals surface area (Å²) in [6.07, 6.45) is 11.1. The van der Waals surface area contributed by atoms with Crippen molar-refractivity contribution in [1.29, 1.82) is 0 Å². The van der Waals surface area contributed by atoms with Crippen LogP contribution in [0.5, 0.6) is 0 Å². The zero-order valence-electron chi connectivity index (χ0n) is 9.69. The molecule has 1 aromatic heterocycles. The van der Waals surface area contributed by atoms with Crippen molar-refractivity contribution in [3.8, 4) is 0 Å². The van der Waals surface area contributed by atoms with Crippen LogP contribution < -0.4 is 0 Å². The minimum atomic E-state index is 0.308. The maximum atomic E-state index is 11.8. The summed E-state index contributed by atoms with van der Waals surface area (Å²) >= 11 is 0. The Morgan fingerprint density at radius 1 is 1.31 bits per heavy atom. The van der Waals surface area contributed by atoms with Gasteiger partial charge in [-0.2, -0.15) is 0 Å². The highest BCUT2D eigenvalue weighted by Crippen LogP contribution is 2.23. The fourth-order valence-electron chi connectivity index (χ4n) is 2.42. The largest absolute Gasteiger partial charge is 0.299 e. The average Bonchev–Trinajstić information content (AvgIpc) is 2.53. The van der Waals surface area contributed by atoms with E-state index in [9.17, 15) is 4.79 Å². The van der Waals surface area contributed by atoms with Gasteiger partial charge in [-0.05, 0) is 37.3 Å². The summed E-state index contributed by atoms with van der Waals surface area (Å²) in [5, 5.41) is 0. The maximum Gasteiger partial charge on any atom is 0.135 e. The summed E-state index contributed by atoms with van der Waals surface area (Å²) in [6.45, 7) is 0. The Labute approximate surface area is 97.1 Å². The number of aromatic nitrogens is 1. The lowest BCUT2D eigenvalue weighted by Crippen LogP contribution is -2.13. The molecule has 0 aromatic carbocycles. The third kappa shape index (κ3) is 3.16. The standard InChI is InChI=1S/C14H19NO/c16-14-7-3-1-2-6-13(14)9-8-12-5-4-10-15-11-12/h4-5,10-11,13H,1-3,6-9H2. The average molecular weight is 217 g/mol. The molecule has 1 saturated carbocycles. The number of aryl methyl sites for hydroxylation is 1. The van der Waals surface area contributed by atoms with Crippen LogP contribution in [0.2, 0.25) is 0 Å². The van der Waals surface area contributed by atoms with Crippen LogP contribution in [0.4, 0.5) is 0 Å². The molecule has 2 heteroatoms. The first kappa shape index (κ1) is 11.3. The van der Waals surface area contributed by atoms with Gasteiger partial charge in [-0.1, -0.05) is 18.9 Å². The fourth-order valence-corrected chi connectivity index (χ4v) is 2.42. The molecule has 16 heavy (non-hydrogen) atoms. The number of pyridine rings is 1. The van der Waals surface area contributed by atoms with E-state index in [4.69, 9.17) is 0 Å². The van der Waals surface area contributed by atoms with Gasteiger partial charge in [0.1, 0.15) is 5.78 Å². The fraction of sp³-hybridized carbons (Fsp3) is 0.571. The summed E-state index contributed by atoms with van der Waals surface area (Å²) in [6, 6.07) is 4.05. The van der Waals surface area contributed by atoms with Crippen molar-refractivity contribution >= 4 is 5.78 Å². The summed E-state index contributed by atoms with van der Waals surface area (Å²) in [5.41, 5.74) is 1.25. The Bertz CT molecular complexity index is 334. The van der Waals surface area contributed by atoms with Crippen LogP contribution in [0.1, 0.15) is 44.1 Å². The molecule has 0 radical (unpaired) electrons. The molecule has 1 unspecified atom stereocenters. The molecule has 2 rings (SSSR count). The van der Waals surface area contributed by atoms with Gasteiger partial charge in [0.2, 0.25) is 0 Å². The summed E-state index contributed by atoms with van der Waals surface area (Å²) in [5.74, 6) is 0.795. The molecule has 0 N–H and O–H groups in total. The Morgan fingerprint density at radius 2 is 2.25 bits per heavy atom. The molecule has 1 heterocycles. The van der Waals surface area contributed by atoms with E-state index in [0.717, 1.165) is 32.1 Å². The van der Waals surface area contributed by atoms with Gasteiger partial charge in [0.15, 0.2) is 0 Å².